The number of nitrogens with zero attached hydrogens (tertiary/aromatic N) is 3. The van der Waals surface area contributed by atoms with Crippen LogP contribution in [0, 0.1) is 13.8 Å². The number of morpholine rings is 1. The van der Waals surface area contributed by atoms with E-state index in [1.165, 1.54) is 23.1 Å². The number of amides is 1. The Kier molecular flexibility index (Phi) is 5.74. The zero-order valence-corrected chi connectivity index (χ0v) is 17.5. The first-order chi connectivity index (χ1) is 12.3. The number of hydrogen-bond acceptors (Lipinski definition) is 6. The molecule has 142 valence electrons. The van der Waals surface area contributed by atoms with Crippen molar-refractivity contribution in [2.45, 2.75) is 58.5 Å². The van der Waals surface area contributed by atoms with E-state index in [2.05, 4.69) is 4.98 Å². The fourth-order valence-electron chi connectivity index (χ4n) is 3.30. The van der Waals surface area contributed by atoms with E-state index in [0.717, 1.165) is 15.3 Å². The van der Waals surface area contributed by atoms with Crippen LogP contribution in [-0.4, -0.2) is 51.4 Å². The molecule has 1 fully saturated rings. The second-order valence-corrected chi connectivity index (χ2v) is 8.90. The first kappa shape index (κ1) is 19.4. The minimum atomic E-state index is -0.0112. The fraction of sp³-hybridized carbons (Fsp3) is 0.611. The molecule has 0 saturated carbocycles. The minimum absolute atomic E-state index is 0.0112. The zero-order chi connectivity index (χ0) is 19.0. The van der Waals surface area contributed by atoms with Crippen LogP contribution in [0.15, 0.2) is 9.95 Å². The van der Waals surface area contributed by atoms with Gasteiger partial charge < -0.3 is 9.64 Å². The van der Waals surface area contributed by atoms with Crippen LogP contribution in [-0.2, 0) is 16.1 Å². The van der Waals surface area contributed by atoms with E-state index in [9.17, 15) is 9.59 Å². The molecule has 1 amide bonds. The molecule has 0 spiro atoms. The van der Waals surface area contributed by atoms with E-state index in [1.54, 1.807) is 4.57 Å². The van der Waals surface area contributed by atoms with Crippen molar-refractivity contribution in [2.75, 3.05) is 18.8 Å². The van der Waals surface area contributed by atoms with Gasteiger partial charge in [-0.2, -0.15) is 0 Å². The Hall–Kier alpha value is -1.38. The van der Waals surface area contributed by atoms with Gasteiger partial charge in [0.2, 0.25) is 5.91 Å². The van der Waals surface area contributed by atoms with Crippen molar-refractivity contribution in [2.24, 2.45) is 0 Å². The lowest BCUT2D eigenvalue weighted by Gasteiger charge is -2.35. The maximum Gasteiger partial charge on any atom is 0.263 e. The zero-order valence-electron chi connectivity index (χ0n) is 15.9. The van der Waals surface area contributed by atoms with Crippen molar-refractivity contribution in [1.82, 2.24) is 14.5 Å². The topological polar surface area (TPSA) is 64.4 Å². The van der Waals surface area contributed by atoms with Crippen LogP contribution >= 0.6 is 23.1 Å². The second kappa shape index (κ2) is 7.70. The van der Waals surface area contributed by atoms with E-state index in [-0.39, 0.29) is 29.4 Å². The highest BCUT2D eigenvalue weighted by atomic mass is 32.2. The maximum absolute atomic E-state index is 12.9. The molecule has 1 aliphatic rings. The van der Waals surface area contributed by atoms with E-state index in [1.807, 2.05) is 39.5 Å². The molecule has 2 unspecified atom stereocenters. The quantitative estimate of drug-likeness (QED) is 0.588. The predicted octanol–water partition coefficient (Wildman–Crippen LogP) is 2.82. The van der Waals surface area contributed by atoms with Gasteiger partial charge in [-0.1, -0.05) is 11.8 Å². The van der Waals surface area contributed by atoms with Gasteiger partial charge in [0.1, 0.15) is 4.83 Å². The summed E-state index contributed by atoms with van der Waals surface area (Å²) >= 11 is 2.89. The molecule has 0 bridgehead atoms. The van der Waals surface area contributed by atoms with Gasteiger partial charge in [0, 0.05) is 24.5 Å². The molecule has 2 aromatic rings. The standard InChI is InChI=1S/C18H25N3O3S2/c1-6-21-17(23)15-12(4)13(5)26-16(15)19-18(21)25-9-14(22)20-7-10(2)24-11(3)8-20/h10-11H,6-9H2,1-5H3. The summed E-state index contributed by atoms with van der Waals surface area (Å²) in [5.41, 5.74) is 0.997. The smallest absolute Gasteiger partial charge is 0.263 e. The highest BCUT2D eigenvalue weighted by molar-refractivity contribution is 7.99. The molecule has 26 heavy (non-hydrogen) atoms. The summed E-state index contributed by atoms with van der Waals surface area (Å²) in [6.07, 6.45) is 0.0983. The van der Waals surface area contributed by atoms with Gasteiger partial charge in [-0.05, 0) is 40.2 Å². The van der Waals surface area contributed by atoms with Gasteiger partial charge in [-0.3, -0.25) is 14.2 Å². The molecule has 0 N–H and O–H groups in total. The number of carbonyl (C=O) groups excluding carboxylic acids is 1. The lowest BCUT2D eigenvalue weighted by Crippen LogP contribution is -2.48. The maximum atomic E-state index is 12.9. The molecule has 3 heterocycles. The van der Waals surface area contributed by atoms with Gasteiger partial charge in [-0.15, -0.1) is 11.3 Å². The van der Waals surface area contributed by atoms with Crippen molar-refractivity contribution < 1.29 is 9.53 Å². The molecule has 3 rings (SSSR count). The normalized spacial score (nSPS) is 20.7. The molecule has 1 aliphatic heterocycles. The monoisotopic (exact) mass is 395 g/mol. The third kappa shape index (κ3) is 3.68. The van der Waals surface area contributed by atoms with Crippen LogP contribution < -0.4 is 5.56 Å². The first-order valence-electron chi connectivity index (χ1n) is 8.88. The average Bonchev–Trinajstić information content (AvgIpc) is 2.86. The summed E-state index contributed by atoms with van der Waals surface area (Å²) in [5.74, 6) is 0.341. The van der Waals surface area contributed by atoms with Gasteiger partial charge >= 0.3 is 0 Å². The number of rotatable bonds is 4. The van der Waals surface area contributed by atoms with Gasteiger partial charge in [0.15, 0.2) is 5.16 Å². The SMILES string of the molecule is CCn1c(SCC(=O)N2CC(C)OC(C)C2)nc2sc(C)c(C)c2c1=O. The van der Waals surface area contributed by atoms with Crippen LogP contribution in [0.5, 0.6) is 0 Å². The predicted molar refractivity (Wildman–Crippen MR) is 106 cm³/mol. The molecule has 8 heteroatoms. The third-order valence-corrected chi connectivity index (χ3v) is 6.73. The van der Waals surface area contributed by atoms with Crippen LogP contribution in [0.1, 0.15) is 31.2 Å². The second-order valence-electron chi connectivity index (χ2n) is 6.75. The van der Waals surface area contributed by atoms with Crippen LogP contribution in [0.4, 0.5) is 0 Å². The van der Waals surface area contributed by atoms with Crippen LogP contribution in [0.25, 0.3) is 10.2 Å². The first-order valence-corrected chi connectivity index (χ1v) is 10.7. The number of aromatic nitrogens is 2. The third-order valence-electron chi connectivity index (χ3n) is 4.67. The van der Waals surface area contributed by atoms with Gasteiger partial charge in [-0.25, -0.2) is 4.98 Å². The largest absolute Gasteiger partial charge is 0.372 e. The number of carbonyl (C=O) groups is 1. The summed E-state index contributed by atoms with van der Waals surface area (Å²) in [5, 5.41) is 1.33. The summed E-state index contributed by atoms with van der Waals surface area (Å²) in [4.78, 5) is 33.9. The highest BCUT2D eigenvalue weighted by Gasteiger charge is 2.26. The van der Waals surface area contributed by atoms with Crippen molar-refractivity contribution >= 4 is 39.2 Å². The number of fused-ring (bicyclic) bond motifs is 1. The minimum Gasteiger partial charge on any atom is -0.372 e. The molecule has 0 aliphatic carbocycles. The van der Waals surface area contributed by atoms with E-state index >= 15 is 0 Å². The van der Waals surface area contributed by atoms with E-state index < -0.39 is 0 Å². The van der Waals surface area contributed by atoms with E-state index in [4.69, 9.17) is 4.74 Å². The Labute approximate surface area is 161 Å². The fourth-order valence-corrected chi connectivity index (χ4v) is 5.33. The molecule has 2 aromatic heterocycles. The average molecular weight is 396 g/mol. The van der Waals surface area contributed by atoms with Crippen molar-refractivity contribution in [3.8, 4) is 0 Å². The Bertz CT molecular complexity index is 880. The molecular formula is C18H25N3O3S2. The van der Waals surface area contributed by atoms with Gasteiger partial charge in [0.05, 0.1) is 23.3 Å². The summed E-state index contributed by atoms with van der Waals surface area (Å²) in [6, 6.07) is 0. The number of aryl methyl sites for hydroxylation is 2. The molecule has 0 aromatic carbocycles. The highest BCUT2D eigenvalue weighted by Crippen LogP contribution is 2.28. The van der Waals surface area contributed by atoms with Crippen molar-refractivity contribution in [1.29, 1.82) is 0 Å². The van der Waals surface area contributed by atoms with Crippen LogP contribution in [0.3, 0.4) is 0 Å². The number of thiophene rings is 1. The van der Waals surface area contributed by atoms with Crippen LogP contribution in [0.2, 0.25) is 0 Å². The van der Waals surface area contributed by atoms with E-state index in [0.29, 0.717) is 30.2 Å². The number of thioether (sulfide) groups is 1. The lowest BCUT2D eigenvalue weighted by atomic mass is 10.2. The number of ether oxygens (including phenoxy) is 1. The molecular weight excluding hydrogens is 370 g/mol. The summed E-state index contributed by atoms with van der Waals surface area (Å²) in [7, 11) is 0. The number of hydrogen-bond donors (Lipinski definition) is 0. The van der Waals surface area contributed by atoms with Gasteiger partial charge in [0.25, 0.3) is 5.56 Å². The summed E-state index contributed by atoms with van der Waals surface area (Å²) < 4.78 is 7.36. The lowest BCUT2D eigenvalue weighted by molar-refractivity contribution is -0.140. The Morgan fingerprint density at radius 3 is 2.58 bits per heavy atom. The Morgan fingerprint density at radius 1 is 1.31 bits per heavy atom. The molecule has 1 saturated heterocycles. The Morgan fingerprint density at radius 2 is 1.96 bits per heavy atom. The summed E-state index contributed by atoms with van der Waals surface area (Å²) in [6.45, 7) is 11.6. The molecule has 0 radical (unpaired) electrons. The Balaban J connectivity index is 1.82. The molecule has 2 atom stereocenters. The van der Waals surface area contributed by atoms with Crippen molar-refractivity contribution in [3.63, 3.8) is 0 Å². The molecule has 6 nitrogen and oxygen atoms in total. The van der Waals surface area contributed by atoms with Crippen molar-refractivity contribution in [3.05, 3.63) is 20.8 Å².